The van der Waals surface area contributed by atoms with Crippen LogP contribution in [0.4, 0.5) is 5.69 Å². The van der Waals surface area contributed by atoms with Crippen LogP contribution in [0.5, 0.6) is 11.5 Å². The summed E-state index contributed by atoms with van der Waals surface area (Å²) in [5.41, 5.74) is 1.83. The molecule has 1 N–H and O–H groups in total. The average molecular weight is 533 g/mol. The molecule has 1 unspecified atom stereocenters. The van der Waals surface area contributed by atoms with E-state index in [1.807, 2.05) is 60.9 Å². The van der Waals surface area contributed by atoms with Crippen LogP contribution in [0.3, 0.4) is 0 Å². The number of nitrogens with zero attached hydrogens (tertiary/aromatic N) is 3. The van der Waals surface area contributed by atoms with Crippen LogP contribution in [-0.4, -0.2) is 33.5 Å². The third-order valence-electron chi connectivity index (χ3n) is 4.78. The lowest BCUT2D eigenvalue weighted by Gasteiger charge is -2.18. The average Bonchev–Trinajstić information content (AvgIpc) is 3.17. The van der Waals surface area contributed by atoms with Crippen LogP contribution in [0.25, 0.3) is 0 Å². The van der Waals surface area contributed by atoms with Gasteiger partial charge in [-0.2, -0.15) is 0 Å². The van der Waals surface area contributed by atoms with Crippen molar-refractivity contribution >= 4 is 39.3 Å². The van der Waals surface area contributed by atoms with Gasteiger partial charge in [0.1, 0.15) is 11.5 Å². The van der Waals surface area contributed by atoms with Gasteiger partial charge < -0.3 is 19.4 Å². The number of aromatic nitrogens is 3. The Bertz CT molecular complexity index is 1100. The Labute approximate surface area is 207 Å². The number of hydrogen-bond acceptors (Lipinski definition) is 6. The van der Waals surface area contributed by atoms with Gasteiger partial charge in [0, 0.05) is 22.8 Å². The van der Waals surface area contributed by atoms with E-state index in [1.54, 1.807) is 7.11 Å². The molecule has 7 nitrogen and oxygen atoms in total. The number of amides is 1. The lowest BCUT2D eigenvalue weighted by molar-refractivity contribution is -0.113. The molecule has 0 aliphatic heterocycles. The van der Waals surface area contributed by atoms with E-state index in [2.05, 4.69) is 45.3 Å². The van der Waals surface area contributed by atoms with Crippen LogP contribution < -0.4 is 14.8 Å². The number of ether oxygens (including phenoxy) is 2. The molecule has 3 aromatic rings. The molecule has 1 amide bonds. The minimum atomic E-state index is -0.322. The number of carbonyl (C=O) groups excluding carboxylic acids is 1. The Morgan fingerprint density at radius 3 is 2.61 bits per heavy atom. The molecule has 0 aliphatic carbocycles. The second-order valence-electron chi connectivity index (χ2n) is 8.09. The van der Waals surface area contributed by atoms with E-state index in [4.69, 9.17) is 9.47 Å². The van der Waals surface area contributed by atoms with E-state index in [0.29, 0.717) is 16.8 Å². The van der Waals surface area contributed by atoms with Crippen molar-refractivity contribution in [1.82, 2.24) is 14.8 Å². The summed E-state index contributed by atoms with van der Waals surface area (Å²) in [5, 5.41) is 12.4. The van der Waals surface area contributed by atoms with Crippen LogP contribution >= 0.6 is 27.7 Å². The van der Waals surface area contributed by atoms with Crippen molar-refractivity contribution in [3.05, 3.63) is 58.3 Å². The molecule has 0 radical (unpaired) electrons. The van der Waals surface area contributed by atoms with Crippen molar-refractivity contribution in [3.8, 4) is 11.5 Å². The molecular formula is C24H29BrN4O3S. The van der Waals surface area contributed by atoms with Crippen molar-refractivity contribution in [1.29, 1.82) is 0 Å². The van der Waals surface area contributed by atoms with Crippen molar-refractivity contribution < 1.29 is 14.3 Å². The number of halogens is 1. The Kier molecular flexibility index (Phi) is 8.80. The molecule has 0 saturated heterocycles. The van der Waals surface area contributed by atoms with E-state index < -0.39 is 0 Å². The number of nitrogens with one attached hydrogen (secondary N) is 1. The second kappa shape index (κ2) is 11.6. The topological polar surface area (TPSA) is 78.3 Å². The van der Waals surface area contributed by atoms with Gasteiger partial charge in [-0.1, -0.05) is 47.6 Å². The maximum Gasteiger partial charge on any atom is 0.234 e. The lowest BCUT2D eigenvalue weighted by Crippen LogP contribution is -2.17. The highest BCUT2D eigenvalue weighted by Gasteiger charge is 2.21. The predicted molar refractivity (Wildman–Crippen MR) is 135 cm³/mol. The van der Waals surface area contributed by atoms with Crippen molar-refractivity contribution in [3.63, 3.8) is 0 Å². The zero-order valence-electron chi connectivity index (χ0n) is 19.5. The second-order valence-corrected chi connectivity index (χ2v) is 9.88. The molecule has 0 spiro atoms. The van der Waals surface area contributed by atoms with Crippen LogP contribution in [0.2, 0.25) is 0 Å². The van der Waals surface area contributed by atoms with E-state index in [0.717, 1.165) is 33.8 Å². The Morgan fingerprint density at radius 2 is 1.91 bits per heavy atom. The highest BCUT2D eigenvalue weighted by Crippen LogP contribution is 2.28. The van der Waals surface area contributed by atoms with Gasteiger partial charge in [-0.3, -0.25) is 4.79 Å². The Balaban J connectivity index is 1.70. The summed E-state index contributed by atoms with van der Waals surface area (Å²) in [6.45, 7) is 8.92. The summed E-state index contributed by atoms with van der Waals surface area (Å²) in [7, 11) is 1.62. The van der Waals surface area contributed by atoms with Crippen molar-refractivity contribution in [2.75, 3.05) is 18.2 Å². The maximum atomic E-state index is 12.5. The van der Waals surface area contributed by atoms with Gasteiger partial charge in [-0.15, -0.1) is 10.2 Å². The molecule has 1 aromatic heterocycles. The molecule has 176 valence electrons. The largest absolute Gasteiger partial charge is 0.497 e. The molecular weight excluding hydrogens is 504 g/mol. The normalized spacial score (nSPS) is 12.0. The SMILES string of the molecule is COc1cccc(OC(C)c2nnc(SCC(=O)Nc3ccc(Br)c(C)c3)n2CC(C)C)c1. The Hall–Kier alpha value is -2.52. The van der Waals surface area contributed by atoms with E-state index in [-0.39, 0.29) is 17.8 Å². The van der Waals surface area contributed by atoms with Crippen molar-refractivity contribution in [2.24, 2.45) is 5.92 Å². The van der Waals surface area contributed by atoms with Crippen LogP contribution in [0.15, 0.2) is 52.1 Å². The molecule has 33 heavy (non-hydrogen) atoms. The molecule has 0 bridgehead atoms. The number of carbonyl (C=O) groups is 1. The predicted octanol–water partition coefficient (Wildman–Crippen LogP) is 5.88. The quantitative estimate of drug-likeness (QED) is 0.328. The van der Waals surface area contributed by atoms with E-state index in [9.17, 15) is 4.79 Å². The zero-order chi connectivity index (χ0) is 24.0. The first kappa shape index (κ1) is 25.1. The third kappa shape index (κ3) is 6.98. The number of rotatable bonds is 10. The number of hydrogen-bond donors (Lipinski definition) is 1. The van der Waals surface area contributed by atoms with Crippen molar-refractivity contribution in [2.45, 2.75) is 45.5 Å². The van der Waals surface area contributed by atoms with Gasteiger partial charge in [0.2, 0.25) is 5.91 Å². The van der Waals surface area contributed by atoms with E-state index in [1.165, 1.54) is 11.8 Å². The van der Waals surface area contributed by atoms with Crippen LogP contribution in [0.1, 0.15) is 38.3 Å². The summed E-state index contributed by atoms with van der Waals surface area (Å²) >= 11 is 4.84. The first-order chi connectivity index (χ1) is 15.8. The van der Waals surface area contributed by atoms with Gasteiger partial charge in [0.25, 0.3) is 0 Å². The number of aryl methyl sites for hydroxylation is 1. The van der Waals surface area contributed by atoms with Crippen LogP contribution in [-0.2, 0) is 11.3 Å². The fourth-order valence-corrected chi connectivity index (χ4v) is 4.23. The molecule has 0 fully saturated rings. The highest BCUT2D eigenvalue weighted by molar-refractivity contribution is 9.10. The van der Waals surface area contributed by atoms with Gasteiger partial charge in [0.15, 0.2) is 17.1 Å². The third-order valence-corrected chi connectivity index (χ3v) is 6.64. The molecule has 3 rings (SSSR count). The van der Waals surface area contributed by atoms with Gasteiger partial charge >= 0.3 is 0 Å². The smallest absolute Gasteiger partial charge is 0.234 e. The first-order valence-corrected chi connectivity index (χ1v) is 12.5. The zero-order valence-corrected chi connectivity index (χ0v) is 21.9. The standard InChI is InChI=1S/C24H29BrN4O3S/c1-15(2)13-29-23(17(4)32-20-8-6-7-19(12-20)31-5)27-28-24(29)33-14-22(30)26-18-9-10-21(25)16(3)11-18/h6-12,15,17H,13-14H2,1-5H3,(H,26,30). The molecule has 1 heterocycles. The summed E-state index contributed by atoms with van der Waals surface area (Å²) in [4.78, 5) is 12.5. The van der Waals surface area contributed by atoms with E-state index >= 15 is 0 Å². The first-order valence-electron chi connectivity index (χ1n) is 10.7. The minimum absolute atomic E-state index is 0.0944. The van der Waals surface area contributed by atoms with Crippen LogP contribution in [0, 0.1) is 12.8 Å². The summed E-state index contributed by atoms with van der Waals surface area (Å²) < 4.78 is 14.4. The molecule has 2 aromatic carbocycles. The molecule has 1 atom stereocenters. The highest BCUT2D eigenvalue weighted by atomic mass is 79.9. The molecule has 0 saturated carbocycles. The summed E-state index contributed by atoms with van der Waals surface area (Å²) in [6, 6.07) is 13.2. The maximum absolute atomic E-state index is 12.5. The summed E-state index contributed by atoms with van der Waals surface area (Å²) in [5.74, 6) is 2.66. The number of methoxy groups -OCH3 is 1. The Morgan fingerprint density at radius 1 is 1.15 bits per heavy atom. The van der Waals surface area contributed by atoms with Gasteiger partial charge in [-0.25, -0.2) is 0 Å². The fourth-order valence-electron chi connectivity index (χ4n) is 3.23. The monoisotopic (exact) mass is 532 g/mol. The summed E-state index contributed by atoms with van der Waals surface area (Å²) in [6.07, 6.45) is -0.322. The molecule has 9 heteroatoms. The fraction of sp³-hybridized carbons (Fsp3) is 0.375. The minimum Gasteiger partial charge on any atom is -0.497 e. The van der Waals surface area contributed by atoms with Gasteiger partial charge in [-0.05, 0) is 55.7 Å². The molecule has 0 aliphatic rings. The lowest BCUT2D eigenvalue weighted by atomic mass is 10.2. The number of benzene rings is 2. The number of anilines is 1. The van der Waals surface area contributed by atoms with Gasteiger partial charge in [0.05, 0.1) is 12.9 Å². The number of thioether (sulfide) groups is 1.